The van der Waals surface area contributed by atoms with Crippen LogP contribution in [-0.2, 0) is 22.6 Å². The minimum absolute atomic E-state index is 0.00230. The number of imidazole rings is 1. The Balaban J connectivity index is 1.51. The van der Waals surface area contributed by atoms with E-state index in [4.69, 9.17) is 0 Å². The van der Waals surface area contributed by atoms with Crippen molar-refractivity contribution in [3.8, 4) is 0 Å². The van der Waals surface area contributed by atoms with E-state index in [-0.39, 0.29) is 24.3 Å². The summed E-state index contributed by atoms with van der Waals surface area (Å²) < 4.78 is 15.5. The zero-order chi connectivity index (χ0) is 17.6. The van der Waals surface area contributed by atoms with Crippen LogP contribution < -0.4 is 10.6 Å². The van der Waals surface area contributed by atoms with Gasteiger partial charge >= 0.3 is 0 Å². The third kappa shape index (κ3) is 3.01. The highest BCUT2D eigenvalue weighted by Crippen LogP contribution is 2.33. The number of benzene rings is 1. The molecule has 0 saturated heterocycles. The Hall–Kier alpha value is -2.70. The van der Waals surface area contributed by atoms with Gasteiger partial charge in [0, 0.05) is 37.3 Å². The number of hydrogen-bond donors (Lipinski definition) is 2. The maximum absolute atomic E-state index is 13.4. The molecule has 0 aliphatic carbocycles. The molecular weight excluding hydrogens is 323 g/mol. The lowest BCUT2D eigenvalue weighted by Gasteiger charge is -2.29. The Labute approximate surface area is 144 Å². The van der Waals surface area contributed by atoms with Crippen molar-refractivity contribution in [1.82, 2.24) is 14.9 Å². The van der Waals surface area contributed by atoms with Gasteiger partial charge in [-0.25, -0.2) is 9.37 Å². The lowest BCUT2D eigenvalue weighted by Crippen LogP contribution is -2.44. The lowest BCUT2D eigenvalue weighted by molar-refractivity contribution is -0.127. The molecular formula is C18H19FN4O2. The summed E-state index contributed by atoms with van der Waals surface area (Å²) in [5, 5.41) is 5.69. The van der Waals surface area contributed by atoms with Crippen molar-refractivity contribution in [2.45, 2.75) is 44.7 Å². The molecule has 4 rings (SSSR count). The van der Waals surface area contributed by atoms with Crippen LogP contribution in [0.1, 0.15) is 35.8 Å². The van der Waals surface area contributed by atoms with Crippen LogP contribution >= 0.6 is 0 Å². The Kier molecular flexibility index (Phi) is 3.78. The van der Waals surface area contributed by atoms with Crippen LogP contribution in [0.25, 0.3) is 0 Å². The first-order valence-electron chi connectivity index (χ1n) is 8.42. The van der Waals surface area contributed by atoms with Crippen molar-refractivity contribution in [2.24, 2.45) is 0 Å². The summed E-state index contributed by atoms with van der Waals surface area (Å²) in [5.74, 6) is -0.436. The van der Waals surface area contributed by atoms with Gasteiger partial charge in [0.2, 0.25) is 11.8 Å². The Morgan fingerprint density at radius 3 is 3.12 bits per heavy atom. The molecule has 3 heterocycles. The van der Waals surface area contributed by atoms with Crippen LogP contribution in [-0.4, -0.2) is 27.4 Å². The molecule has 0 saturated carbocycles. The predicted molar refractivity (Wildman–Crippen MR) is 89.6 cm³/mol. The molecule has 25 heavy (non-hydrogen) atoms. The summed E-state index contributed by atoms with van der Waals surface area (Å²) in [6, 6.07) is 4.15. The molecule has 1 aromatic heterocycles. The average molecular weight is 342 g/mol. The molecule has 0 unspecified atom stereocenters. The van der Waals surface area contributed by atoms with E-state index < -0.39 is 11.7 Å². The number of carbonyl (C=O) groups excluding carboxylic acids is 2. The maximum Gasteiger partial charge on any atom is 0.228 e. The molecule has 2 N–H and O–H groups in total. The van der Waals surface area contributed by atoms with Gasteiger partial charge in [0.1, 0.15) is 11.6 Å². The van der Waals surface area contributed by atoms with Crippen molar-refractivity contribution in [2.75, 3.05) is 5.32 Å². The predicted octanol–water partition coefficient (Wildman–Crippen LogP) is 1.89. The van der Waals surface area contributed by atoms with E-state index in [2.05, 4.69) is 20.2 Å². The lowest BCUT2D eigenvalue weighted by atomic mass is 9.89. The minimum atomic E-state index is -0.588. The third-order valence-electron chi connectivity index (χ3n) is 4.83. The molecule has 1 aromatic carbocycles. The number of halogens is 1. The highest BCUT2D eigenvalue weighted by molar-refractivity contribution is 6.01. The number of anilines is 1. The first-order valence-corrected chi connectivity index (χ1v) is 8.42. The van der Waals surface area contributed by atoms with Crippen molar-refractivity contribution < 1.29 is 14.0 Å². The second-order valence-corrected chi connectivity index (χ2v) is 6.73. The topological polar surface area (TPSA) is 76.0 Å². The largest absolute Gasteiger partial charge is 0.351 e. The summed E-state index contributed by atoms with van der Waals surface area (Å²) in [7, 11) is 0. The quantitative estimate of drug-likeness (QED) is 0.875. The van der Waals surface area contributed by atoms with E-state index in [9.17, 15) is 14.0 Å². The Bertz CT molecular complexity index is 861. The summed E-state index contributed by atoms with van der Waals surface area (Å²) in [6.07, 6.45) is 3.69. The molecule has 2 aromatic rings. The van der Waals surface area contributed by atoms with Gasteiger partial charge in [-0.2, -0.15) is 0 Å². The number of aryl methyl sites for hydroxylation is 2. The molecule has 6 nitrogen and oxygen atoms in total. The molecule has 2 aliphatic heterocycles. The van der Waals surface area contributed by atoms with Crippen molar-refractivity contribution in [3.05, 3.63) is 47.3 Å². The van der Waals surface area contributed by atoms with Crippen LogP contribution in [0.5, 0.6) is 0 Å². The Morgan fingerprint density at radius 1 is 1.44 bits per heavy atom. The fraction of sp³-hybridized carbons (Fsp3) is 0.389. The normalized spacial score (nSPS) is 21.9. The van der Waals surface area contributed by atoms with Crippen LogP contribution in [0.2, 0.25) is 0 Å². The first kappa shape index (κ1) is 15.8. The Morgan fingerprint density at radius 2 is 2.28 bits per heavy atom. The SMILES string of the molecule is Cc1cn2c(n1)CC[C@H](NC(=O)[C@H]1CC(=O)Nc3cc(F)ccc31)C2. The fourth-order valence-electron chi connectivity index (χ4n) is 3.68. The minimum Gasteiger partial charge on any atom is -0.351 e. The summed E-state index contributed by atoms with van der Waals surface area (Å²) in [4.78, 5) is 29.1. The second-order valence-electron chi connectivity index (χ2n) is 6.73. The van der Waals surface area contributed by atoms with Gasteiger partial charge in [-0.1, -0.05) is 6.07 Å². The van der Waals surface area contributed by atoms with Crippen molar-refractivity contribution in [1.29, 1.82) is 0 Å². The number of rotatable bonds is 2. The van der Waals surface area contributed by atoms with Gasteiger partial charge in [0.25, 0.3) is 0 Å². The van der Waals surface area contributed by atoms with Crippen molar-refractivity contribution in [3.63, 3.8) is 0 Å². The van der Waals surface area contributed by atoms with Gasteiger partial charge in [-0.05, 0) is 31.0 Å². The summed E-state index contributed by atoms with van der Waals surface area (Å²) in [6.45, 7) is 2.63. The summed E-state index contributed by atoms with van der Waals surface area (Å²) >= 11 is 0. The molecule has 2 atom stereocenters. The fourth-order valence-corrected chi connectivity index (χ4v) is 3.68. The van der Waals surface area contributed by atoms with Crippen LogP contribution in [0.15, 0.2) is 24.4 Å². The molecule has 0 radical (unpaired) electrons. The number of nitrogens with zero attached hydrogens (tertiary/aromatic N) is 2. The zero-order valence-corrected chi connectivity index (χ0v) is 13.9. The monoisotopic (exact) mass is 342 g/mol. The maximum atomic E-state index is 13.4. The highest BCUT2D eigenvalue weighted by atomic mass is 19.1. The van der Waals surface area contributed by atoms with E-state index in [1.54, 1.807) is 6.07 Å². The van der Waals surface area contributed by atoms with E-state index in [1.165, 1.54) is 12.1 Å². The first-order chi connectivity index (χ1) is 12.0. The highest BCUT2D eigenvalue weighted by Gasteiger charge is 2.32. The smallest absolute Gasteiger partial charge is 0.228 e. The van der Waals surface area contributed by atoms with E-state index in [0.717, 1.165) is 24.4 Å². The molecule has 0 fully saturated rings. The van der Waals surface area contributed by atoms with Crippen molar-refractivity contribution >= 4 is 17.5 Å². The third-order valence-corrected chi connectivity index (χ3v) is 4.83. The molecule has 0 bridgehead atoms. The van der Waals surface area contributed by atoms with Gasteiger partial charge in [0.05, 0.1) is 11.6 Å². The number of nitrogens with one attached hydrogen (secondary N) is 2. The van der Waals surface area contributed by atoms with Crippen LogP contribution in [0, 0.1) is 12.7 Å². The van der Waals surface area contributed by atoms with Gasteiger partial charge < -0.3 is 15.2 Å². The molecule has 130 valence electrons. The summed E-state index contributed by atoms with van der Waals surface area (Å²) in [5.41, 5.74) is 2.02. The van der Waals surface area contributed by atoms with Gasteiger partial charge in [-0.15, -0.1) is 0 Å². The number of aromatic nitrogens is 2. The average Bonchev–Trinajstić information content (AvgIpc) is 2.92. The van der Waals surface area contributed by atoms with Gasteiger partial charge in [-0.3, -0.25) is 9.59 Å². The molecule has 2 amide bonds. The zero-order valence-electron chi connectivity index (χ0n) is 13.9. The molecule has 2 aliphatic rings. The van der Waals surface area contributed by atoms with Crippen LogP contribution in [0.4, 0.5) is 10.1 Å². The number of amides is 2. The standard InChI is InChI=1S/C18H19FN4O2/c1-10-8-23-9-12(3-5-16(23)20-10)21-18(25)14-7-17(24)22-15-6-11(19)2-4-13(14)15/h2,4,6,8,12,14H,3,5,7,9H2,1H3,(H,21,25)(H,22,24)/t12-,14-/m0/s1. The number of hydrogen-bond acceptors (Lipinski definition) is 3. The van der Waals surface area contributed by atoms with E-state index in [1.807, 2.05) is 13.1 Å². The second kappa shape index (κ2) is 5.98. The molecule has 7 heteroatoms. The van der Waals surface area contributed by atoms with E-state index >= 15 is 0 Å². The number of carbonyl (C=O) groups is 2. The van der Waals surface area contributed by atoms with Gasteiger partial charge in [0.15, 0.2) is 0 Å². The molecule has 0 spiro atoms. The number of fused-ring (bicyclic) bond motifs is 2. The van der Waals surface area contributed by atoms with E-state index in [0.29, 0.717) is 17.8 Å². The van der Waals surface area contributed by atoms with Crippen LogP contribution in [0.3, 0.4) is 0 Å².